The van der Waals surface area contributed by atoms with Crippen LogP contribution in [0.25, 0.3) is 106 Å². The molecule has 0 unspecified atom stereocenters. The van der Waals surface area contributed by atoms with Gasteiger partial charge < -0.3 is 63.5 Å². The quantitative estimate of drug-likeness (QED) is 0.0593. The summed E-state index contributed by atoms with van der Waals surface area (Å²) < 4.78 is 95.5. The fourth-order valence-electron chi connectivity index (χ4n) is 12.9. The first kappa shape index (κ1) is 104. The van der Waals surface area contributed by atoms with Gasteiger partial charge in [0.2, 0.25) is 0 Å². The molecule has 5 radical (unpaired) electrons. The van der Waals surface area contributed by atoms with Gasteiger partial charge in [-0.2, -0.15) is 62.9 Å². The summed E-state index contributed by atoms with van der Waals surface area (Å²) in [6.07, 6.45) is 15.6. The first-order chi connectivity index (χ1) is 61.4. The molecule has 0 amide bonds. The number of hydrogen-bond donors (Lipinski definition) is 0. The maximum atomic E-state index is 13.2. The molecule has 0 aliphatic carbocycles. The number of halogens is 7. The number of benzene rings is 8. The van der Waals surface area contributed by atoms with Crippen LogP contribution >= 0.6 is 0 Å². The van der Waals surface area contributed by atoms with Gasteiger partial charge in [0.05, 0.1) is 22.7 Å². The van der Waals surface area contributed by atoms with Crippen molar-refractivity contribution >= 4 is 60.6 Å². The van der Waals surface area contributed by atoms with Crippen LogP contribution in [0.5, 0.6) is 0 Å². The van der Waals surface area contributed by atoms with E-state index in [0.717, 1.165) is 69.9 Å². The topological polar surface area (TPSA) is 252 Å². The number of imidazole rings is 1. The zero-order valence-electron chi connectivity index (χ0n) is 70.6. The fraction of sp³-hybridized carbons (Fsp3) is 0.101. The zero-order chi connectivity index (χ0) is 89.6. The van der Waals surface area contributed by atoms with E-state index in [1.54, 1.807) is 128 Å². The van der Waals surface area contributed by atoms with Crippen LogP contribution in [0.3, 0.4) is 0 Å². The summed E-state index contributed by atoms with van der Waals surface area (Å²) in [6.45, 7) is 15.1. The molecule has 20 rings (SSSR count). The molecule has 0 saturated heterocycles. The average Bonchev–Trinajstić information content (AvgIpc) is 1.53. The third-order valence-corrected chi connectivity index (χ3v) is 18.6. The molecular weight excluding hydrogens is 2580 g/mol. The predicted octanol–water partition coefficient (Wildman–Crippen LogP) is 20.5. The number of rotatable bonds is 8. The van der Waals surface area contributed by atoms with Gasteiger partial charge in [-0.1, -0.05) is 139 Å². The van der Waals surface area contributed by atoms with Gasteiger partial charge in [0.1, 0.15) is 5.82 Å². The SMILES string of the molecule is CN1C=CN(c2[c-]cc(C#N)cc2)[CH-]1.CN1C=CN(c2[c-]cc(C#N)cc2)[CH-]1.Cc1cccc(C)c1-c1cnc2c3[c-]cccc3c3cc(CC(C)(C)C)ccc3n12.FC(F)(F)c1n[n-]c(-c2ccccn2)n1.Fc1c[c-]c(-c2ccccn2)c(F)c1.Fc1c[c-]c(-c2ccccn2)c(F)c1.O=c1oc2ccc[c-]c2c2ncccc12.[Ir].[Ir].[Ir].[Ir].[Ir].c1ccc(-c2ncn[n-]2)nc1. The monoisotopic (exact) mass is 2660 g/mol. The van der Waals surface area contributed by atoms with Crippen LogP contribution in [0.4, 0.5) is 42.1 Å². The van der Waals surface area contributed by atoms with Gasteiger partial charge in [0.25, 0.3) is 0 Å². The summed E-state index contributed by atoms with van der Waals surface area (Å²) in [5.74, 6) is -3.37. The molecule has 18 aromatic rings. The molecule has 2 aliphatic rings. The number of hydrogen-bond acceptors (Lipinski definition) is 18. The predicted molar refractivity (Wildman–Crippen MR) is 470 cm³/mol. The number of nitrogens with zero attached hydrogens (tertiary/aromatic N) is 19. The number of nitriles is 2. The molecule has 0 saturated carbocycles. The fourth-order valence-corrected chi connectivity index (χ4v) is 12.9. The van der Waals surface area contributed by atoms with Gasteiger partial charge in [0.15, 0.2) is 0 Å². The van der Waals surface area contributed by atoms with Crippen molar-refractivity contribution in [3.05, 3.63) is 404 Å². The van der Waals surface area contributed by atoms with Crippen molar-refractivity contribution in [2.45, 2.75) is 47.2 Å². The van der Waals surface area contributed by atoms with Crippen molar-refractivity contribution in [3.8, 4) is 68.9 Å². The Morgan fingerprint density at radius 2 is 1.02 bits per heavy atom. The van der Waals surface area contributed by atoms with E-state index in [2.05, 4.69) is 191 Å². The Kier molecular flexibility index (Phi) is 38.9. The molecule has 0 spiro atoms. The summed E-state index contributed by atoms with van der Waals surface area (Å²) >= 11 is 0. The van der Waals surface area contributed by atoms with Crippen molar-refractivity contribution in [2.24, 2.45) is 5.41 Å². The summed E-state index contributed by atoms with van der Waals surface area (Å²) in [5.41, 5.74) is 15.0. The van der Waals surface area contributed by atoms with Crippen LogP contribution < -0.4 is 25.6 Å². The molecular formula is C99H72F7Ir5N19O2-10. The van der Waals surface area contributed by atoms with Crippen molar-refractivity contribution in [1.82, 2.24) is 74.5 Å². The van der Waals surface area contributed by atoms with E-state index in [4.69, 9.17) is 19.9 Å². The van der Waals surface area contributed by atoms with Gasteiger partial charge in [0, 0.05) is 207 Å². The number of aryl methyl sites for hydroxylation is 2. The van der Waals surface area contributed by atoms with E-state index < -0.39 is 35.3 Å². The molecule has 0 bridgehead atoms. The first-order valence-corrected chi connectivity index (χ1v) is 38.9. The standard InChI is InChI=1S/C28H27N2.C12H6NO2.2C11H6F2N.2C11H9N3.C8H4F3N4.C7H5N4.5Ir/c1-18-9-8-10-19(2)26(18)25-17-29-27-22-12-7-6-11-21(22)23-15-20(16-28(3,4)5)13-14-24(23)30(25)27;14-12-9-5-3-7-13-11(9)8-4-1-2-6-10(8)15-12;2*12-8-4-5-9(10(13)7-8)11-3-1-2-6-14-11;2*1-13-6-7-14(9-13)11-4-2-10(8-12)3-5-11;9-8(10,11)7-13-6(14-15-7)5-3-1-2-4-12-5;1-2-4-8-6(3-1)7-9-5-10-11-7;;;;;/h6-11,13-15,17H,16H2,1-5H3;1-3,5-7H;2*1-4,6-7H;2*2-4,6-7,9H,1H3;1-4H;1-5H;;;;;/q4*-1;2*-2;2*-1;;;;;. The van der Waals surface area contributed by atoms with Crippen LogP contribution in [-0.4, -0.2) is 78.4 Å². The van der Waals surface area contributed by atoms with Gasteiger partial charge in [-0.15, -0.1) is 102 Å². The minimum absolute atomic E-state index is 0. The second-order valence-electron chi connectivity index (χ2n) is 29.1. The van der Waals surface area contributed by atoms with Crippen molar-refractivity contribution in [1.29, 1.82) is 10.5 Å². The molecule has 12 heterocycles. The zero-order valence-corrected chi connectivity index (χ0v) is 82.6. The number of fused-ring (bicyclic) bond motifs is 9. The van der Waals surface area contributed by atoms with Gasteiger partial charge >= 0.3 is 11.8 Å². The summed E-state index contributed by atoms with van der Waals surface area (Å²) in [5, 5.41) is 35.6. The van der Waals surface area contributed by atoms with E-state index in [1.807, 2.05) is 114 Å². The van der Waals surface area contributed by atoms with E-state index in [0.29, 0.717) is 44.8 Å². The molecule has 8 aromatic carbocycles. The van der Waals surface area contributed by atoms with E-state index in [-0.39, 0.29) is 134 Å². The van der Waals surface area contributed by atoms with Crippen molar-refractivity contribution < 1.29 is 136 Å². The van der Waals surface area contributed by atoms with Crippen LogP contribution in [0.1, 0.15) is 54.4 Å². The number of alkyl halides is 3. The largest absolute Gasteiger partial charge is 0.510 e. The molecule has 679 valence electrons. The van der Waals surface area contributed by atoms with Crippen molar-refractivity contribution in [3.63, 3.8) is 0 Å². The molecule has 33 heteroatoms. The Labute approximate surface area is 823 Å². The van der Waals surface area contributed by atoms with Crippen LogP contribution in [0, 0.1) is 115 Å². The van der Waals surface area contributed by atoms with Crippen LogP contribution in [0.15, 0.2) is 296 Å². The van der Waals surface area contributed by atoms with E-state index >= 15 is 0 Å². The molecule has 21 nitrogen and oxygen atoms in total. The first-order valence-electron chi connectivity index (χ1n) is 38.9. The minimum atomic E-state index is -4.57. The number of pyridine rings is 6. The second-order valence-corrected chi connectivity index (χ2v) is 29.1. The Morgan fingerprint density at radius 3 is 1.48 bits per heavy atom. The molecule has 10 aromatic heterocycles. The van der Waals surface area contributed by atoms with E-state index in [1.165, 1.54) is 57.1 Å². The third-order valence-electron chi connectivity index (χ3n) is 18.6. The maximum Gasteiger partial charge on any atom is 0.429 e. The molecule has 0 N–H and O–H groups in total. The van der Waals surface area contributed by atoms with Crippen LogP contribution in [0.2, 0.25) is 0 Å². The Morgan fingerprint density at radius 1 is 0.500 bits per heavy atom. The normalized spacial score (nSPS) is 11.4. The maximum absolute atomic E-state index is 13.2. The Hall–Kier alpha value is -13.1. The van der Waals surface area contributed by atoms with Crippen molar-refractivity contribution in [2.75, 3.05) is 23.9 Å². The van der Waals surface area contributed by atoms with Gasteiger partial charge in [-0.25, -0.2) is 15.3 Å². The second kappa shape index (κ2) is 49.2. The molecule has 132 heavy (non-hydrogen) atoms. The molecule has 0 fully saturated rings. The molecule has 2 aliphatic heterocycles. The minimum Gasteiger partial charge on any atom is -0.510 e. The summed E-state index contributed by atoms with van der Waals surface area (Å²) in [4.78, 5) is 51.3. The Bertz CT molecular complexity index is 6810. The average molecular weight is 2650 g/mol. The smallest absolute Gasteiger partial charge is 0.429 e. The third kappa shape index (κ3) is 27.5. The molecule has 0 atom stereocenters. The van der Waals surface area contributed by atoms with Gasteiger partial charge in [-0.05, 0) is 158 Å². The summed E-state index contributed by atoms with van der Waals surface area (Å²) in [7, 11) is 3.92. The number of anilines is 2. The summed E-state index contributed by atoms with van der Waals surface area (Å²) in [6, 6.07) is 85.2. The van der Waals surface area contributed by atoms with Gasteiger partial charge in [-0.3, -0.25) is 42.7 Å². The van der Waals surface area contributed by atoms with Crippen LogP contribution in [-0.2, 0) is 113 Å². The number of aromatic nitrogens is 13. The Balaban J connectivity index is 0.000000189. The van der Waals surface area contributed by atoms with E-state index in [9.17, 15) is 35.5 Å².